The van der Waals surface area contributed by atoms with E-state index in [1.165, 1.54) is 0 Å². The molecule has 11 heteroatoms. The van der Waals surface area contributed by atoms with Gasteiger partial charge in [0.25, 0.3) is 5.91 Å². The average molecular weight is 615 g/mol. The molecule has 2 aromatic rings. The summed E-state index contributed by atoms with van der Waals surface area (Å²) in [6.07, 6.45) is 0.923. The van der Waals surface area contributed by atoms with Gasteiger partial charge in [0.15, 0.2) is 0 Å². The molecular weight excluding hydrogens is 578 g/mol. The fourth-order valence-corrected chi connectivity index (χ4v) is 6.16. The van der Waals surface area contributed by atoms with Gasteiger partial charge in [-0.3, -0.25) is 9.59 Å². The first kappa shape index (κ1) is 29.4. The lowest BCUT2D eigenvalue weighted by Gasteiger charge is -2.43. The molecule has 2 aliphatic rings. The third-order valence-electron chi connectivity index (χ3n) is 7.56. The van der Waals surface area contributed by atoms with Gasteiger partial charge in [0.2, 0.25) is 5.91 Å². The Kier molecular flexibility index (Phi) is 9.02. The van der Waals surface area contributed by atoms with Crippen LogP contribution in [0, 0.1) is 12.8 Å². The zero-order valence-corrected chi connectivity index (χ0v) is 24.6. The molecule has 1 spiro atoms. The lowest BCUT2D eigenvalue weighted by Crippen LogP contribution is -2.59. The summed E-state index contributed by atoms with van der Waals surface area (Å²) in [6.45, 7) is 7.52. The number of nitrogens with one attached hydrogen (secondary N) is 2. The zero-order chi connectivity index (χ0) is 29.0. The number of aryl methyl sites for hydroxylation is 1. The normalized spacial score (nSPS) is 17.3. The Labute approximate surface area is 242 Å². The maximum atomic E-state index is 13.7. The smallest absolute Gasteiger partial charge is 0.328 e. The number of halogens is 1. The van der Waals surface area contributed by atoms with E-state index in [9.17, 15) is 24.3 Å². The predicted molar refractivity (Wildman–Crippen MR) is 155 cm³/mol. The van der Waals surface area contributed by atoms with Crippen molar-refractivity contribution in [3.63, 3.8) is 0 Å². The molecule has 2 saturated heterocycles. The molecule has 2 heterocycles. The van der Waals surface area contributed by atoms with E-state index in [2.05, 4.69) is 45.3 Å². The highest BCUT2D eigenvalue weighted by molar-refractivity contribution is 9.10. The molecule has 40 heavy (non-hydrogen) atoms. The first-order chi connectivity index (χ1) is 19.0. The van der Waals surface area contributed by atoms with E-state index >= 15 is 0 Å². The minimum atomic E-state index is -1.31. The number of hydrogen-bond donors (Lipinski definition) is 3. The molecule has 2 aliphatic heterocycles. The number of rotatable bonds is 8. The van der Waals surface area contributed by atoms with Crippen LogP contribution in [0.15, 0.2) is 53.0 Å². The Balaban J connectivity index is 1.40. The minimum absolute atomic E-state index is 0.0844. The van der Waals surface area contributed by atoms with E-state index in [0.717, 1.165) is 5.69 Å². The SMILES string of the molecule is Cc1cccc(Br)c1C(=O)NC(CNC(=O)N1CCC2(CC1)C(=O)N(CC(C)C)CN2c1ccccc1)C(=O)O. The van der Waals surface area contributed by atoms with Gasteiger partial charge in [-0.05, 0) is 65.4 Å². The van der Waals surface area contributed by atoms with Crippen LogP contribution in [0.3, 0.4) is 0 Å². The first-order valence-electron chi connectivity index (χ1n) is 13.5. The van der Waals surface area contributed by atoms with E-state index in [1.54, 1.807) is 30.0 Å². The van der Waals surface area contributed by atoms with Crippen molar-refractivity contribution in [1.82, 2.24) is 20.4 Å². The van der Waals surface area contributed by atoms with Gasteiger partial charge >= 0.3 is 12.0 Å². The third-order valence-corrected chi connectivity index (χ3v) is 8.22. The van der Waals surface area contributed by atoms with Crippen LogP contribution in [0.25, 0.3) is 0 Å². The van der Waals surface area contributed by atoms with Gasteiger partial charge in [0.1, 0.15) is 11.6 Å². The van der Waals surface area contributed by atoms with Gasteiger partial charge in [0, 0.05) is 29.8 Å². The molecule has 0 bridgehead atoms. The number of piperidine rings is 1. The monoisotopic (exact) mass is 613 g/mol. The standard InChI is InChI=1S/C29H36BrN5O5/c1-19(2)17-34-18-35(21-9-5-4-6-10-21)29(27(34)39)12-14-33(15-13-29)28(40)31-16-23(26(37)38)32-25(36)24-20(3)8-7-11-22(24)30/h4-11,19,23H,12-18H2,1-3H3,(H,31,40)(H,32,36)(H,37,38). The Morgan fingerprint density at radius 1 is 1.05 bits per heavy atom. The highest BCUT2D eigenvalue weighted by Crippen LogP contribution is 2.39. The Morgan fingerprint density at radius 2 is 1.73 bits per heavy atom. The summed E-state index contributed by atoms with van der Waals surface area (Å²) in [4.78, 5) is 57.0. The first-order valence-corrected chi connectivity index (χ1v) is 14.3. The van der Waals surface area contributed by atoms with Crippen molar-refractivity contribution < 1.29 is 24.3 Å². The minimum Gasteiger partial charge on any atom is -0.480 e. The van der Waals surface area contributed by atoms with Crippen molar-refractivity contribution in [2.24, 2.45) is 5.92 Å². The number of carbonyl (C=O) groups excluding carboxylic acids is 3. The van der Waals surface area contributed by atoms with Gasteiger partial charge in [-0.2, -0.15) is 0 Å². The highest BCUT2D eigenvalue weighted by atomic mass is 79.9. The predicted octanol–water partition coefficient (Wildman–Crippen LogP) is 3.45. The number of benzene rings is 2. The Bertz CT molecular complexity index is 1240. The van der Waals surface area contributed by atoms with E-state index in [4.69, 9.17) is 0 Å². The fourth-order valence-electron chi connectivity index (χ4n) is 5.51. The van der Waals surface area contributed by atoms with Crippen molar-refractivity contribution in [3.8, 4) is 0 Å². The number of carboxylic acids is 1. The van der Waals surface area contributed by atoms with Crippen LogP contribution in [0.4, 0.5) is 10.5 Å². The summed E-state index contributed by atoms with van der Waals surface area (Å²) in [7, 11) is 0. The van der Waals surface area contributed by atoms with Gasteiger partial charge in [-0.1, -0.05) is 44.2 Å². The molecule has 3 N–H and O–H groups in total. The van der Waals surface area contributed by atoms with Gasteiger partial charge in [-0.25, -0.2) is 9.59 Å². The molecular formula is C29H36BrN5O5. The third kappa shape index (κ3) is 6.09. The Hall–Kier alpha value is -3.60. The van der Waals surface area contributed by atoms with E-state index in [-0.39, 0.29) is 12.5 Å². The van der Waals surface area contributed by atoms with Gasteiger partial charge in [0.05, 0.1) is 18.8 Å². The summed E-state index contributed by atoms with van der Waals surface area (Å²) < 4.78 is 0.554. The lowest BCUT2D eigenvalue weighted by molar-refractivity contribution is -0.139. The average Bonchev–Trinajstić information content (AvgIpc) is 3.17. The summed E-state index contributed by atoms with van der Waals surface area (Å²) in [5.74, 6) is -1.38. The number of urea groups is 1. The maximum absolute atomic E-state index is 13.7. The van der Waals surface area contributed by atoms with Crippen LogP contribution in [0.2, 0.25) is 0 Å². The molecule has 214 valence electrons. The topological polar surface area (TPSA) is 122 Å². The molecule has 0 saturated carbocycles. The molecule has 4 amide bonds. The second-order valence-electron chi connectivity index (χ2n) is 10.8. The van der Waals surface area contributed by atoms with Crippen LogP contribution in [-0.2, 0) is 9.59 Å². The summed E-state index contributed by atoms with van der Waals surface area (Å²) >= 11 is 3.34. The zero-order valence-electron chi connectivity index (χ0n) is 23.0. The quantitative estimate of drug-likeness (QED) is 0.419. The maximum Gasteiger partial charge on any atom is 0.328 e. The van der Waals surface area contributed by atoms with Crippen molar-refractivity contribution in [3.05, 3.63) is 64.1 Å². The number of hydrogen-bond acceptors (Lipinski definition) is 5. The van der Waals surface area contributed by atoms with Crippen molar-refractivity contribution in [2.75, 3.05) is 37.7 Å². The Morgan fingerprint density at radius 3 is 2.33 bits per heavy atom. The molecule has 4 rings (SSSR count). The van der Waals surface area contributed by atoms with E-state index in [0.29, 0.717) is 60.7 Å². The van der Waals surface area contributed by atoms with Crippen molar-refractivity contribution in [1.29, 1.82) is 0 Å². The summed E-state index contributed by atoms with van der Waals surface area (Å²) in [6, 6.07) is 13.4. The number of anilines is 1. The second kappa shape index (κ2) is 12.3. The summed E-state index contributed by atoms with van der Waals surface area (Å²) in [5, 5.41) is 14.8. The highest BCUT2D eigenvalue weighted by Gasteiger charge is 2.54. The largest absolute Gasteiger partial charge is 0.480 e. The number of amides is 4. The van der Waals surface area contributed by atoms with Gasteiger partial charge in [-0.15, -0.1) is 0 Å². The van der Waals surface area contributed by atoms with Crippen LogP contribution >= 0.6 is 15.9 Å². The number of para-hydroxylation sites is 1. The molecule has 0 aliphatic carbocycles. The molecule has 10 nitrogen and oxygen atoms in total. The number of likely N-dealkylation sites (tertiary alicyclic amines) is 1. The number of carboxylic acid groups (broad SMARTS) is 1. The van der Waals surface area contributed by atoms with Gasteiger partial charge < -0.3 is 30.4 Å². The van der Waals surface area contributed by atoms with Crippen molar-refractivity contribution >= 4 is 45.4 Å². The molecule has 1 unspecified atom stereocenters. The van der Waals surface area contributed by atoms with Crippen LogP contribution in [0.5, 0.6) is 0 Å². The number of carbonyl (C=O) groups is 4. The molecule has 0 aromatic heterocycles. The lowest BCUT2D eigenvalue weighted by atomic mass is 9.85. The van der Waals surface area contributed by atoms with Crippen LogP contribution in [0.1, 0.15) is 42.6 Å². The van der Waals surface area contributed by atoms with Crippen molar-refractivity contribution in [2.45, 2.75) is 45.2 Å². The number of nitrogens with zero attached hydrogens (tertiary/aromatic N) is 3. The fraction of sp³-hybridized carbons (Fsp3) is 0.448. The van der Waals surface area contributed by atoms with Crippen LogP contribution < -0.4 is 15.5 Å². The van der Waals surface area contributed by atoms with E-state index in [1.807, 2.05) is 35.2 Å². The number of aliphatic carboxylic acids is 1. The second-order valence-corrected chi connectivity index (χ2v) is 11.7. The summed E-state index contributed by atoms with van der Waals surface area (Å²) in [5.41, 5.74) is 1.28. The van der Waals surface area contributed by atoms with E-state index < -0.39 is 29.5 Å². The molecule has 2 aromatic carbocycles. The molecule has 1 atom stereocenters. The molecule has 0 radical (unpaired) electrons. The van der Waals surface area contributed by atoms with Crippen LogP contribution in [-0.4, -0.2) is 83.1 Å². The molecule has 2 fully saturated rings.